The van der Waals surface area contributed by atoms with E-state index in [1.807, 2.05) is 0 Å². The van der Waals surface area contributed by atoms with Crippen LogP contribution >= 0.6 is 0 Å². The minimum atomic E-state index is -3.98. The van der Waals surface area contributed by atoms with Crippen LogP contribution in [-0.4, -0.2) is 40.1 Å². The molecule has 8 nitrogen and oxygen atoms in total. The van der Waals surface area contributed by atoms with Crippen molar-refractivity contribution in [3.63, 3.8) is 0 Å². The molecule has 1 heterocycles. The lowest BCUT2D eigenvalue weighted by Crippen LogP contribution is -2.34. The molecule has 3 aromatic rings. The maximum atomic E-state index is 13.5. The summed E-state index contributed by atoms with van der Waals surface area (Å²) in [5, 5.41) is 2.66. The van der Waals surface area contributed by atoms with Crippen molar-refractivity contribution in [1.82, 2.24) is 4.98 Å². The van der Waals surface area contributed by atoms with Crippen LogP contribution in [0.5, 0.6) is 11.5 Å². The van der Waals surface area contributed by atoms with E-state index in [9.17, 15) is 13.2 Å². The molecule has 0 aliphatic heterocycles. The predicted octanol–water partition coefficient (Wildman–Crippen LogP) is 3.32. The van der Waals surface area contributed by atoms with Crippen molar-refractivity contribution in [1.29, 1.82) is 0 Å². The topological polar surface area (TPSA) is 97.8 Å². The third-order valence-corrected chi connectivity index (χ3v) is 6.29. The van der Waals surface area contributed by atoms with Gasteiger partial charge in [-0.05, 0) is 36.4 Å². The summed E-state index contributed by atoms with van der Waals surface area (Å²) in [6, 6.07) is 18.0. The van der Waals surface area contributed by atoms with Gasteiger partial charge in [0.25, 0.3) is 10.0 Å². The van der Waals surface area contributed by atoms with E-state index in [1.165, 1.54) is 26.4 Å². The molecule has 0 atom stereocenters. The second kappa shape index (κ2) is 9.94. The number of sulfonamides is 1. The number of hydrogen-bond acceptors (Lipinski definition) is 6. The van der Waals surface area contributed by atoms with Crippen molar-refractivity contribution in [2.45, 2.75) is 11.3 Å². The highest BCUT2D eigenvalue weighted by Crippen LogP contribution is 2.35. The van der Waals surface area contributed by atoms with Crippen LogP contribution in [0.3, 0.4) is 0 Å². The summed E-state index contributed by atoms with van der Waals surface area (Å²) in [5.41, 5.74) is 0.274. The summed E-state index contributed by atoms with van der Waals surface area (Å²) in [5.74, 6) is 0.824. The van der Waals surface area contributed by atoms with Crippen LogP contribution in [0.1, 0.15) is 6.42 Å². The molecule has 0 saturated carbocycles. The maximum Gasteiger partial charge on any atom is 0.264 e. The largest absolute Gasteiger partial charge is 0.497 e. The molecule has 9 heteroatoms. The lowest BCUT2D eigenvalue weighted by molar-refractivity contribution is -0.116. The monoisotopic (exact) mass is 441 g/mol. The Morgan fingerprint density at radius 2 is 1.74 bits per heavy atom. The SMILES string of the molecule is COc1ccc(OC)c(N(CCC(=O)Nc2ccccn2)S(=O)(=O)c2ccccc2)c1. The first-order valence-electron chi connectivity index (χ1n) is 9.46. The molecular weight excluding hydrogens is 418 g/mol. The zero-order valence-electron chi connectivity index (χ0n) is 17.2. The average molecular weight is 442 g/mol. The number of ether oxygens (including phenoxy) is 2. The minimum Gasteiger partial charge on any atom is -0.497 e. The Bertz CT molecular complexity index is 1120. The molecule has 0 fully saturated rings. The van der Waals surface area contributed by atoms with Crippen molar-refractivity contribution in [3.05, 3.63) is 72.9 Å². The molecule has 3 rings (SSSR count). The normalized spacial score (nSPS) is 10.9. The number of aromatic nitrogens is 1. The van der Waals surface area contributed by atoms with Crippen molar-refractivity contribution in [2.75, 3.05) is 30.4 Å². The van der Waals surface area contributed by atoms with E-state index in [-0.39, 0.29) is 29.5 Å². The van der Waals surface area contributed by atoms with Crippen molar-refractivity contribution in [2.24, 2.45) is 0 Å². The molecule has 0 saturated heterocycles. The highest BCUT2D eigenvalue weighted by molar-refractivity contribution is 7.92. The lowest BCUT2D eigenvalue weighted by Gasteiger charge is -2.26. The van der Waals surface area contributed by atoms with Gasteiger partial charge in [0, 0.05) is 25.2 Å². The number of carbonyl (C=O) groups excluding carboxylic acids is 1. The summed E-state index contributed by atoms with van der Waals surface area (Å²) >= 11 is 0. The number of benzene rings is 2. The molecule has 1 aromatic heterocycles. The number of carbonyl (C=O) groups is 1. The summed E-state index contributed by atoms with van der Waals surface area (Å²) in [6.45, 7) is -0.112. The Morgan fingerprint density at radius 1 is 1.00 bits per heavy atom. The molecule has 0 radical (unpaired) electrons. The van der Waals surface area contributed by atoms with Gasteiger partial charge in [0.05, 0.1) is 24.8 Å². The Balaban J connectivity index is 1.94. The van der Waals surface area contributed by atoms with E-state index >= 15 is 0 Å². The van der Waals surface area contributed by atoms with Gasteiger partial charge in [-0.15, -0.1) is 0 Å². The zero-order valence-corrected chi connectivity index (χ0v) is 18.0. The first-order valence-corrected chi connectivity index (χ1v) is 10.9. The van der Waals surface area contributed by atoms with Gasteiger partial charge in [-0.3, -0.25) is 9.10 Å². The first kappa shape index (κ1) is 22.1. The van der Waals surface area contributed by atoms with Gasteiger partial charge in [-0.1, -0.05) is 24.3 Å². The Kier molecular flexibility index (Phi) is 7.09. The fourth-order valence-corrected chi connectivity index (χ4v) is 4.42. The van der Waals surface area contributed by atoms with E-state index < -0.39 is 10.0 Å². The third-order valence-electron chi connectivity index (χ3n) is 4.46. The molecule has 2 aromatic carbocycles. The fraction of sp³-hybridized carbons (Fsp3) is 0.182. The molecular formula is C22H23N3O5S. The van der Waals surface area contributed by atoms with Crippen LogP contribution in [0.15, 0.2) is 77.8 Å². The second-order valence-corrected chi connectivity index (χ2v) is 8.30. The number of amides is 1. The molecule has 31 heavy (non-hydrogen) atoms. The quantitative estimate of drug-likeness (QED) is 0.547. The second-order valence-electron chi connectivity index (χ2n) is 6.44. The zero-order chi connectivity index (χ0) is 22.3. The van der Waals surface area contributed by atoms with Crippen LogP contribution < -0.4 is 19.1 Å². The molecule has 0 aliphatic carbocycles. The molecule has 1 amide bonds. The van der Waals surface area contributed by atoms with Gasteiger partial charge in [-0.25, -0.2) is 13.4 Å². The van der Waals surface area contributed by atoms with Gasteiger partial charge in [0.1, 0.15) is 17.3 Å². The van der Waals surface area contributed by atoms with Crippen LogP contribution in [0.25, 0.3) is 0 Å². The summed E-state index contributed by atoms with van der Waals surface area (Å²) < 4.78 is 38.7. The third kappa shape index (κ3) is 5.32. The van der Waals surface area contributed by atoms with Gasteiger partial charge in [0.2, 0.25) is 5.91 Å². The predicted molar refractivity (Wildman–Crippen MR) is 118 cm³/mol. The maximum absolute atomic E-state index is 13.5. The molecule has 0 spiro atoms. The average Bonchev–Trinajstić information content (AvgIpc) is 2.80. The standard InChI is InChI=1S/C22H23N3O5S/c1-29-17-11-12-20(30-2)19(16-17)25(31(27,28)18-8-4-3-5-9-18)15-13-22(26)24-21-10-6-7-14-23-21/h3-12,14,16H,13,15H2,1-2H3,(H,23,24,26). The Labute approximate surface area is 181 Å². The Hall–Kier alpha value is -3.59. The van der Waals surface area contributed by atoms with Crippen molar-refractivity contribution in [3.8, 4) is 11.5 Å². The van der Waals surface area contributed by atoms with Gasteiger partial charge < -0.3 is 14.8 Å². The lowest BCUT2D eigenvalue weighted by atomic mass is 10.2. The highest BCUT2D eigenvalue weighted by Gasteiger charge is 2.28. The number of nitrogens with zero attached hydrogens (tertiary/aromatic N) is 2. The van der Waals surface area contributed by atoms with Crippen LogP contribution in [0, 0.1) is 0 Å². The number of methoxy groups -OCH3 is 2. The van der Waals surface area contributed by atoms with Gasteiger partial charge in [0.15, 0.2) is 0 Å². The number of rotatable bonds is 9. The minimum absolute atomic E-state index is 0.0942. The van der Waals surface area contributed by atoms with E-state index in [1.54, 1.807) is 60.8 Å². The van der Waals surface area contributed by atoms with Gasteiger partial charge >= 0.3 is 0 Å². The van der Waals surface area contributed by atoms with E-state index in [2.05, 4.69) is 10.3 Å². The number of nitrogens with one attached hydrogen (secondary N) is 1. The Morgan fingerprint density at radius 3 is 2.39 bits per heavy atom. The molecule has 0 aliphatic rings. The van der Waals surface area contributed by atoms with Crippen molar-refractivity contribution < 1.29 is 22.7 Å². The van der Waals surface area contributed by atoms with E-state index in [4.69, 9.17) is 9.47 Å². The highest BCUT2D eigenvalue weighted by atomic mass is 32.2. The molecule has 0 unspecified atom stereocenters. The van der Waals surface area contributed by atoms with Crippen LogP contribution in [0.4, 0.5) is 11.5 Å². The van der Waals surface area contributed by atoms with Crippen molar-refractivity contribution >= 4 is 27.4 Å². The van der Waals surface area contributed by atoms with Gasteiger partial charge in [-0.2, -0.15) is 0 Å². The smallest absolute Gasteiger partial charge is 0.264 e. The summed E-state index contributed by atoms with van der Waals surface area (Å²) in [6.07, 6.45) is 1.46. The van der Waals surface area contributed by atoms with Crippen LogP contribution in [-0.2, 0) is 14.8 Å². The van der Waals surface area contributed by atoms with Crippen LogP contribution in [0.2, 0.25) is 0 Å². The number of pyridine rings is 1. The number of anilines is 2. The molecule has 1 N–H and O–H groups in total. The number of hydrogen-bond donors (Lipinski definition) is 1. The molecule has 162 valence electrons. The summed E-state index contributed by atoms with van der Waals surface area (Å²) in [7, 11) is -1.04. The van der Waals surface area contributed by atoms with E-state index in [0.717, 1.165) is 4.31 Å². The van der Waals surface area contributed by atoms with E-state index in [0.29, 0.717) is 17.3 Å². The fourth-order valence-electron chi connectivity index (χ4n) is 2.93. The molecule has 0 bridgehead atoms. The first-order chi connectivity index (χ1) is 15.0. The summed E-state index contributed by atoms with van der Waals surface area (Å²) in [4.78, 5) is 16.6.